The van der Waals surface area contributed by atoms with Crippen LogP contribution in [-0.4, -0.2) is 26.1 Å². The molecule has 0 unspecified atom stereocenters. The number of halogens is 3. The molecule has 0 aromatic carbocycles. The Labute approximate surface area is 107 Å². The Hall–Kier alpha value is -2.12. The summed E-state index contributed by atoms with van der Waals surface area (Å²) in [7, 11) is 1.85. The molecular weight excluding hydrogens is 259 g/mol. The lowest BCUT2D eigenvalue weighted by molar-refractivity contribution is -0.141. The second-order valence-corrected chi connectivity index (χ2v) is 3.89. The summed E-state index contributed by atoms with van der Waals surface area (Å²) in [6, 6.07) is 0.837. The van der Waals surface area contributed by atoms with Crippen molar-refractivity contribution in [3.05, 3.63) is 36.2 Å². The van der Waals surface area contributed by atoms with Crippen molar-refractivity contribution in [2.75, 3.05) is 11.9 Å². The van der Waals surface area contributed by atoms with Gasteiger partial charge in [-0.3, -0.25) is 0 Å². The van der Waals surface area contributed by atoms with Gasteiger partial charge in [0.05, 0.1) is 0 Å². The highest BCUT2D eigenvalue weighted by Gasteiger charge is 2.32. The fourth-order valence-electron chi connectivity index (χ4n) is 1.53. The van der Waals surface area contributed by atoms with Crippen molar-refractivity contribution < 1.29 is 13.2 Å². The standard InChI is InChI=1S/C11H12F3N5/c1-19-7-6-15-9(19)3-5-17-10-16-4-2-8(18-10)11(12,13)14/h2,4,6-7H,3,5H2,1H3,(H,16,17,18). The number of hydrogen-bond donors (Lipinski definition) is 1. The molecule has 0 aliphatic heterocycles. The molecule has 19 heavy (non-hydrogen) atoms. The van der Waals surface area contributed by atoms with E-state index < -0.39 is 11.9 Å². The molecule has 0 saturated heterocycles. The summed E-state index contributed by atoms with van der Waals surface area (Å²) in [4.78, 5) is 11.3. The third kappa shape index (κ3) is 3.43. The van der Waals surface area contributed by atoms with Gasteiger partial charge in [-0.15, -0.1) is 0 Å². The Morgan fingerprint density at radius 2 is 2.05 bits per heavy atom. The number of alkyl halides is 3. The fraction of sp³-hybridized carbons (Fsp3) is 0.364. The van der Waals surface area contributed by atoms with Gasteiger partial charge in [0, 0.05) is 38.6 Å². The number of imidazole rings is 1. The summed E-state index contributed by atoms with van der Waals surface area (Å²) in [6.45, 7) is 0.409. The van der Waals surface area contributed by atoms with E-state index in [4.69, 9.17) is 0 Å². The maximum atomic E-state index is 12.4. The van der Waals surface area contributed by atoms with Crippen LogP contribution in [0.3, 0.4) is 0 Å². The molecule has 0 fully saturated rings. The summed E-state index contributed by atoms with van der Waals surface area (Å²) in [5.41, 5.74) is -0.956. The molecule has 0 saturated carbocycles. The minimum Gasteiger partial charge on any atom is -0.354 e. The molecule has 0 atom stereocenters. The van der Waals surface area contributed by atoms with Crippen molar-refractivity contribution in [2.24, 2.45) is 7.05 Å². The van der Waals surface area contributed by atoms with Crippen molar-refractivity contribution in [3.63, 3.8) is 0 Å². The van der Waals surface area contributed by atoms with Crippen LogP contribution in [0.15, 0.2) is 24.7 Å². The molecule has 0 bridgehead atoms. The Balaban J connectivity index is 1.95. The van der Waals surface area contributed by atoms with Gasteiger partial charge in [0.25, 0.3) is 0 Å². The molecule has 0 amide bonds. The van der Waals surface area contributed by atoms with Crippen LogP contribution >= 0.6 is 0 Å². The summed E-state index contributed by atoms with van der Waals surface area (Å²) in [5, 5.41) is 2.75. The number of hydrogen-bond acceptors (Lipinski definition) is 4. The summed E-state index contributed by atoms with van der Waals surface area (Å²) >= 11 is 0. The first-order valence-corrected chi connectivity index (χ1v) is 5.57. The Kier molecular flexibility index (Phi) is 3.68. The van der Waals surface area contributed by atoms with E-state index in [0.29, 0.717) is 13.0 Å². The van der Waals surface area contributed by atoms with Crippen LogP contribution in [-0.2, 0) is 19.6 Å². The first-order valence-electron chi connectivity index (χ1n) is 5.57. The minimum absolute atomic E-state index is 0.0379. The van der Waals surface area contributed by atoms with Crippen molar-refractivity contribution in [1.29, 1.82) is 0 Å². The number of aromatic nitrogens is 4. The van der Waals surface area contributed by atoms with Crippen LogP contribution < -0.4 is 5.32 Å². The second-order valence-electron chi connectivity index (χ2n) is 3.89. The Morgan fingerprint density at radius 1 is 1.26 bits per heavy atom. The second kappa shape index (κ2) is 5.25. The highest BCUT2D eigenvalue weighted by atomic mass is 19.4. The van der Waals surface area contributed by atoms with Crippen molar-refractivity contribution >= 4 is 5.95 Å². The monoisotopic (exact) mass is 271 g/mol. The molecular formula is C11H12F3N5. The zero-order valence-electron chi connectivity index (χ0n) is 10.1. The summed E-state index contributed by atoms with van der Waals surface area (Å²) in [6.07, 6.45) is 0.660. The average molecular weight is 271 g/mol. The van der Waals surface area contributed by atoms with Gasteiger partial charge in [-0.25, -0.2) is 15.0 Å². The van der Waals surface area contributed by atoms with Gasteiger partial charge in [0.2, 0.25) is 5.95 Å². The summed E-state index contributed by atoms with van der Waals surface area (Å²) < 4.78 is 39.1. The van der Waals surface area contributed by atoms with E-state index >= 15 is 0 Å². The van der Waals surface area contributed by atoms with E-state index in [-0.39, 0.29) is 5.95 Å². The van der Waals surface area contributed by atoms with E-state index in [0.717, 1.165) is 18.1 Å². The Bertz CT molecular complexity index is 549. The molecule has 0 aliphatic carbocycles. The molecule has 0 spiro atoms. The van der Waals surface area contributed by atoms with Crippen LogP contribution in [0.4, 0.5) is 19.1 Å². The maximum absolute atomic E-state index is 12.4. The van der Waals surface area contributed by atoms with Crippen molar-refractivity contribution in [2.45, 2.75) is 12.6 Å². The lowest BCUT2D eigenvalue weighted by atomic mass is 10.4. The fourth-order valence-corrected chi connectivity index (χ4v) is 1.53. The molecule has 2 aromatic heterocycles. The molecule has 2 aromatic rings. The smallest absolute Gasteiger partial charge is 0.354 e. The normalized spacial score (nSPS) is 11.6. The van der Waals surface area contributed by atoms with E-state index in [1.165, 1.54) is 0 Å². The number of anilines is 1. The predicted molar refractivity (Wildman–Crippen MR) is 62.4 cm³/mol. The van der Waals surface area contributed by atoms with Crippen LogP contribution in [0.1, 0.15) is 11.5 Å². The first-order chi connectivity index (χ1) is 8.97. The number of nitrogens with zero attached hydrogens (tertiary/aromatic N) is 4. The zero-order chi connectivity index (χ0) is 13.9. The van der Waals surface area contributed by atoms with Crippen LogP contribution in [0, 0.1) is 0 Å². The SMILES string of the molecule is Cn1ccnc1CCNc1nccc(C(F)(F)F)n1. The topological polar surface area (TPSA) is 55.6 Å². The lowest BCUT2D eigenvalue weighted by Crippen LogP contribution is -2.14. The molecule has 102 valence electrons. The molecule has 0 radical (unpaired) electrons. The van der Waals surface area contributed by atoms with E-state index in [1.54, 1.807) is 12.4 Å². The quantitative estimate of drug-likeness (QED) is 0.922. The molecule has 8 heteroatoms. The van der Waals surface area contributed by atoms with Gasteiger partial charge in [-0.2, -0.15) is 13.2 Å². The van der Waals surface area contributed by atoms with E-state index in [2.05, 4.69) is 20.3 Å². The maximum Gasteiger partial charge on any atom is 0.433 e. The first kappa shape index (κ1) is 13.3. The van der Waals surface area contributed by atoms with Gasteiger partial charge in [0.1, 0.15) is 11.5 Å². The van der Waals surface area contributed by atoms with Gasteiger partial charge in [-0.1, -0.05) is 0 Å². The molecule has 2 rings (SSSR count). The lowest BCUT2D eigenvalue weighted by Gasteiger charge is -2.08. The third-order valence-electron chi connectivity index (χ3n) is 2.50. The number of rotatable bonds is 4. The summed E-state index contributed by atoms with van der Waals surface area (Å²) in [5.74, 6) is 0.795. The van der Waals surface area contributed by atoms with E-state index in [1.807, 2.05) is 11.6 Å². The molecule has 2 heterocycles. The highest BCUT2D eigenvalue weighted by Crippen LogP contribution is 2.27. The number of nitrogens with one attached hydrogen (secondary N) is 1. The van der Waals surface area contributed by atoms with Gasteiger partial charge < -0.3 is 9.88 Å². The number of aryl methyl sites for hydroxylation is 1. The molecule has 0 aliphatic rings. The van der Waals surface area contributed by atoms with Crippen molar-refractivity contribution in [1.82, 2.24) is 19.5 Å². The van der Waals surface area contributed by atoms with Crippen molar-refractivity contribution in [3.8, 4) is 0 Å². The largest absolute Gasteiger partial charge is 0.433 e. The third-order valence-corrected chi connectivity index (χ3v) is 2.50. The highest BCUT2D eigenvalue weighted by molar-refractivity contribution is 5.26. The minimum atomic E-state index is -4.46. The van der Waals surface area contributed by atoms with Crippen LogP contribution in [0.25, 0.3) is 0 Å². The van der Waals surface area contributed by atoms with Gasteiger partial charge in [0.15, 0.2) is 0 Å². The van der Waals surface area contributed by atoms with Crippen LogP contribution in [0.5, 0.6) is 0 Å². The molecule has 1 N–H and O–H groups in total. The van der Waals surface area contributed by atoms with Gasteiger partial charge in [-0.05, 0) is 6.07 Å². The van der Waals surface area contributed by atoms with E-state index in [9.17, 15) is 13.2 Å². The predicted octanol–water partition coefficient (Wildman–Crippen LogP) is 1.88. The van der Waals surface area contributed by atoms with Crippen LogP contribution in [0.2, 0.25) is 0 Å². The zero-order valence-corrected chi connectivity index (χ0v) is 10.1. The van der Waals surface area contributed by atoms with Gasteiger partial charge >= 0.3 is 6.18 Å². The average Bonchev–Trinajstić information content (AvgIpc) is 2.75. The molecule has 5 nitrogen and oxygen atoms in total. The Morgan fingerprint density at radius 3 is 2.68 bits per heavy atom.